The van der Waals surface area contributed by atoms with Crippen molar-refractivity contribution in [1.82, 2.24) is 4.98 Å². The third-order valence-corrected chi connectivity index (χ3v) is 1.88. The SMILES string of the molecule is C#C[C@@H](C)OC(=O)Nc1cnccc1C(F)(F)F. The number of halogens is 3. The first-order valence-electron chi connectivity index (χ1n) is 4.79. The molecule has 96 valence electrons. The fraction of sp³-hybridized carbons (Fsp3) is 0.273. The van der Waals surface area contributed by atoms with Crippen LogP contribution in [0.1, 0.15) is 12.5 Å². The molecule has 1 atom stereocenters. The number of hydrogen-bond acceptors (Lipinski definition) is 3. The fourth-order valence-electron chi connectivity index (χ4n) is 1.08. The molecule has 0 fully saturated rings. The zero-order valence-corrected chi connectivity index (χ0v) is 9.28. The Balaban J connectivity index is 2.86. The molecule has 0 saturated heterocycles. The van der Waals surface area contributed by atoms with E-state index in [2.05, 4.69) is 15.6 Å². The number of nitrogens with zero attached hydrogens (tertiary/aromatic N) is 1. The Hall–Kier alpha value is -2.23. The molecule has 4 nitrogen and oxygen atoms in total. The number of amides is 1. The first-order chi connectivity index (χ1) is 8.34. The number of carbonyl (C=O) groups excluding carboxylic acids is 1. The van der Waals surface area contributed by atoms with Crippen molar-refractivity contribution in [2.45, 2.75) is 19.2 Å². The zero-order chi connectivity index (χ0) is 13.8. The normalized spacial score (nSPS) is 12.4. The van der Waals surface area contributed by atoms with Crippen LogP contribution in [0.15, 0.2) is 18.5 Å². The van der Waals surface area contributed by atoms with E-state index in [4.69, 9.17) is 6.42 Å². The van der Waals surface area contributed by atoms with Crippen molar-refractivity contribution < 1.29 is 22.7 Å². The minimum absolute atomic E-state index is 0.487. The monoisotopic (exact) mass is 258 g/mol. The maximum absolute atomic E-state index is 12.6. The van der Waals surface area contributed by atoms with Crippen molar-refractivity contribution in [3.05, 3.63) is 24.0 Å². The van der Waals surface area contributed by atoms with Gasteiger partial charge in [0.05, 0.1) is 17.4 Å². The Labute approximate surface area is 101 Å². The molecule has 0 bridgehead atoms. The van der Waals surface area contributed by atoms with Crippen molar-refractivity contribution in [2.24, 2.45) is 0 Å². The third-order valence-electron chi connectivity index (χ3n) is 1.88. The second-order valence-electron chi connectivity index (χ2n) is 3.26. The van der Waals surface area contributed by atoms with Gasteiger partial charge < -0.3 is 4.74 Å². The van der Waals surface area contributed by atoms with Gasteiger partial charge in [-0.1, -0.05) is 5.92 Å². The Morgan fingerprint density at radius 3 is 2.83 bits per heavy atom. The van der Waals surface area contributed by atoms with Gasteiger partial charge in [-0.2, -0.15) is 13.2 Å². The van der Waals surface area contributed by atoms with E-state index >= 15 is 0 Å². The van der Waals surface area contributed by atoms with Crippen LogP contribution < -0.4 is 5.32 Å². The summed E-state index contributed by atoms with van der Waals surface area (Å²) in [5, 5.41) is 1.94. The van der Waals surface area contributed by atoms with E-state index in [1.807, 2.05) is 5.32 Å². The summed E-state index contributed by atoms with van der Waals surface area (Å²) in [4.78, 5) is 14.7. The molecule has 0 aliphatic heterocycles. The molecule has 0 aliphatic carbocycles. The van der Waals surface area contributed by atoms with Crippen LogP contribution in [0.3, 0.4) is 0 Å². The van der Waals surface area contributed by atoms with Gasteiger partial charge in [-0.3, -0.25) is 10.3 Å². The quantitative estimate of drug-likeness (QED) is 0.830. The van der Waals surface area contributed by atoms with Crippen molar-refractivity contribution in [2.75, 3.05) is 5.32 Å². The van der Waals surface area contributed by atoms with Crippen molar-refractivity contribution in [3.8, 4) is 12.3 Å². The largest absolute Gasteiger partial charge is 0.433 e. The van der Waals surface area contributed by atoms with Crippen LogP contribution >= 0.6 is 0 Å². The molecule has 0 aliphatic rings. The summed E-state index contributed by atoms with van der Waals surface area (Å²) in [6, 6.07) is 0.750. The van der Waals surface area contributed by atoms with Crippen LogP contribution in [0, 0.1) is 12.3 Å². The number of terminal acetylenes is 1. The van der Waals surface area contributed by atoms with Gasteiger partial charge in [-0.05, 0) is 13.0 Å². The average molecular weight is 258 g/mol. The van der Waals surface area contributed by atoms with Gasteiger partial charge in [0.2, 0.25) is 0 Å². The molecule has 1 rings (SSSR count). The third kappa shape index (κ3) is 3.66. The zero-order valence-electron chi connectivity index (χ0n) is 9.28. The summed E-state index contributed by atoms with van der Waals surface area (Å²) < 4.78 is 42.3. The number of nitrogens with one attached hydrogen (secondary N) is 1. The summed E-state index contributed by atoms with van der Waals surface area (Å²) in [5.41, 5.74) is -1.50. The number of pyridine rings is 1. The van der Waals surface area contributed by atoms with Gasteiger partial charge in [-0.25, -0.2) is 4.79 Å². The number of anilines is 1. The van der Waals surface area contributed by atoms with Crippen LogP contribution in [0.2, 0.25) is 0 Å². The minimum Gasteiger partial charge on any atom is -0.433 e. The minimum atomic E-state index is -4.59. The van der Waals surface area contributed by atoms with Crippen LogP contribution in [0.25, 0.3) is 0 Å². The highest BCUT2D eigenvalue weighted by molar-refractivity contribution is 5.85. The first-order valence-corrected chi connectivity index (χ1v) is 4.79. The summed E-state index contributed by atoms with van der Waals surface area (Å²) in [6.45, 7) is 1.41. The van der Waals surface area contributed by atoms with E-state index in [-0.39, 0.29) is 0 Å². The topological polar surface area (TPSA) is 51.2 Å². The number of alkyl halides is 3. The molecular weight excluding hydrogens is 249 g/mol. The lowest BCUT2D eigenvalue weighted by molar-refractivity contribution is -0.137. The van der Waals surface area contributed by atoms with Crippen molar-refractivity contribution >= 4 is 11.8 Å². The van der Waals surface area contributed by atoms with Crippen LogP contribution in [0.4, 0.5) is 23.7 Å². The number of aromatic nitrogens is 1. The number of hydrogen-bond donors (Lipinski definition) is 1. The highest BCUT2D eigenvalue weighted by Crippen LogP contribution is 2.34. The van der Waals surface area contributed by atoms with E-state index in [1.165, 1.54) is 6.92 Å². The molecule has 0 aromatic carbocycles. The molecular formula is C11H9F3N2O2. The maximum atomic E-state index is 12.6. The Morgan fingerprint density at radius 1 is 1.61 bits per heavy atom. The van der Waals surface area contributed by atoms with E-state index in [0.29, 0.717) is 0 Å². The number of rotatable bonds is 2. The van der Waals surface area contributed by atoms with Gasteiger partial charge in [0.1, 0.15) is 0 Å². The number of ether oxygens (including phenoxy) is 1. The second-order valence-corrected chi connectivity index (χ2v) is 3.26. The van der Waals surface area contributed by atoms with Gasteiger partial charge in [0.25, 0.3) is 0 Å². The first kappa shape index (κ1) is 13.8. The Kier molecular flexibility index (Phi) is 4.15. The van der Waals surface area contributed by atoms with Gasteiger partial charge >= 0.3 is 12.3 Å². The van der Waals surface area contributed by atoms with Gasteiger partial charge in [-0.15, -0.1) is 6.42 Å². The smallest absolute Gasteiger partial charge is 0.418 e. The average Bonchev–Trinajstić information content (AvgIpc) is 2.27. The molecule has 18 heavy (non-hydrogen) atoms. The molecule has 1 heterocycles. The molecule has 1 N–H and O–H groups in total. The van der Waals surface area contributed by atoms with Crippen LogP contribution in [0.5, 0.6) is 0 Å². The van der Waals surface area contributed by atoms with E-state index in [9.17, 15) is 18.0 Å². The molecule has 7 heteroatoms. The summed E-state index contributed by atoms with van der Waals surface area (Å²) in [7, 11) is 0. The number of carbonyl (C=O) groups is 1. The standard InChI is InChI=1S/C11H9F3N2O2/c1-3-7(2)18-10(17)16-9-6-15-5-4-8(9)11(12,13)14/h1,4-7H,2H3,(H,16,17)/t7-/m1/s1. The molecule has 1 amide bonds. The molecule has 1 aromatic rings. The maximum Gasteiger partial charge on any atom is 0.418 e. The lowest BCUT2D eigenvalue weighted by Gasteiger charge is -2.13. The molecule has 0 radical (unpaired) electrons. The highest BCUT2D eigenvalue weighted by Gasteiger charge is 2.34. The Bertz CT molecular complexity index is 480. The highest BCUT2D eigenvalue weighted by atomic mass is 19.4. The predicted octanol–water partition coefficient (Wildman–Crippen LogP) is 2.67. The molecule has 0 saturated carbocycles. The lowest BCUT2D eigenvalue weighted by Crippen LogP contribution is -2.21. The summed E-state index contributed by atoms with van der Waals surface area (Å²) >= 11 is 0. The Morgan fingerprint density at radius 2 is 2.28 bits per heavy atom. The molecule has 0 unspecified atom stereocenters. The molecule has 0 spiro atoms. The lowest BCUT2D eigenvalue weighted by atomic mass is 10.2. The predicted molar refractivity (Wildman–Crippen MR) is 57.6 cm³/mol. The van der Waals surface area contributed by atoms with Gasteiger partial charge in [0, 0.05) is 6.20 Å². The van der Waals surface area contributed by atoms with Crippen LogP contribution in [-0.2, 0) is 10.9 Å². The summed E-state index contributed by atoms with van der Waals surface area (Å²) in [6.07, 6.45) is 0.319. The van der Waals surface area contributed by atoms with Crippen molar-refractivity contribution in [3.63, 3.8) is 0 Å². The fourth-order valence-corrected chi connectivity index (χ4v) is 1.08. The summed E-state index contributed by atoms with van der Waals surface area (Å²) in [5.74, 6) is 2.11. The van der Waals surface area contributed by atoms with E-state index in [1.54, 1.807) is 0 Å². The van der Waals surface area contributed by atoms with Gasteiger partial charge in [0.15, 0.2) is 6.10 Å². The van der Waals surface area contributed by atoms with Crippen LogP contribution in [-0.4, -0.2) is 17.2 Å². The van der Waals surface area contributed by atoms with E-state index < -0.39 is 29.6 Å². The molecule has 1 aromatic heterocycles. The van der Waals surface area contributed by atoms with Crippen molar-refractivity contribution in [1.29, 1.82) is 0 Å². The second kappa shape index (κ2) is 5.40. The van der Waals surface area contributed by atoms with E-state index in [0.717, 1.165) is 18.5 Å².